The first-order valence-electron chi connectivity index (χ1n) is 10.1. The second kappa shape index (κ2) is 9.12. The van der Waals surface area contributed by atoms with Gasteiger partial charge < -0.3 is 15.1 Å². The van der Waals surface area contributed by atoms with Crippen molar-refractivity contribution >= 4 is 46.4 Å². The molecule has 3 aromatic rings. The molecule has 1 aliphatic heterocycles. The van der Waals surface area contributed by atoms with E-state index in [0.717, 1.165) is 17.3 Å². The summed E-state index contributed by atoms with van der Waals surface area (Å²) in [7, 11) is 0. The van der Waals surface area contributed by atoms with Crippen LogP contribution in [-0.2, 0) is 0 Å². The van der Waals surface area contributed by atoms with Gasteiger partial charge in [0, 0.05) is 43.0 Å². The number of carbonyl (C=O) groups is 1. The number of nitrogens with one attached hydrogen (secondary N) is 1. The van der Waals surface area contributed by atoms with Crippen molar-refractivity contribution in [3.05, 3.63) is 75.5 Å². The van der Waals surface area contributed by atoms with Gasteiger partial charge in [-0.3, -0.25) is 4.79 Å². The third kappa shape index (κ3) is 5.09. The first kappa shape index (κ1) is 21.4. The maximum absolute atomic E-state index is 12.9. The molecular weight excluding hydrogens is 433 g/mol. The maximum Gasteiger partial charge on any atom is 0.255 e. The topological polar surface area (TPSA) is 61.4 Å². The van der Waals surface area contributed by atoms with Crippen LogP contribution in [0.2, 0.25) is 10.0 Å². The van der Waals surface area contributed by atoms with Gasteiger partial charge in [-0.2, -0.15) is 0 Å². The van der Waals surface area contributed by atoms with Crippen LogP contribution < -0.4 is 10.2 Å². The van der Waals surface area contributed by atoms with Crippen molar-refractivity contribution in [3.8, 4) is 0 Å². The van der Waals surface area contributed by atoms with E-state index in [1.165, 1.54) is 5.56 Å². The Morgan fingerprint density at radius 3 is 2.32 bits per heavy atom. The smallest absolute Gasteiger partial charge is 0.255 e. The van der Waals surface area contributed by atoms with Crippen LogP contribution in [0.1, 0.15) is 21.7 Å². The molecule has 1 saturated heterocycles. The van der Waals surface area contributed by atoms with Crippen LogP contribution in [0, 0.1) is 13.8 Å². The Labute approximate surface area is 191 Å². The minimum absolute atomic E-state index is 0.0816. The number of amides is 1. The van der Waals surface area contributed by atoms with E-state index in [9.17, 15) is 4.79 Å². The Morgan fingerprint density at radius 1 is 0.935 bits per heavy atom. The van der Waals surface area contributed by atoms with Gasteiger partial charge in [-0.15, -0.1) is 0 Å². The highest BCUT2D eigenvalue weighted by molar-refractivity contribution is 6.36. The molecule has 1 amide bonds. The quantitative estimate of drug-likeness (QED) is 0.592. The number of anilines is 3. The van der Waals surface area contributed by atoms with Crippen LogP contribution in [0.5, 0.6) is 0 Å². The number of hydrogen-bond acceptors (Lipinski definition) is 5. The molecule has 160 valence electrons. The van der Waals surface area contributed by atoms with Crippen molar-refractivity contribution in [2.24, 2.45) is 0 Å². The van der Waals surface area contributed by atoms with Gasteiger partial charge in [0.25, 0.3) is 5.91 Å². The fourth-order valence-corrected chi connectivity index (χ4v) is 4.02. The average Bonchev–Trinajstić information content (AvgIpc) is 2.75. The van der Waals surface area contributed by atoms with Gasteiger partial charge in [-0.25, -0.2) is 9.97 Å². The molecule has 2 aromatic carbocycles. The van der Waals surface area contributed by atoms with E-state index in [4.69, 9.17) is 23.2 Å². The molecule has 1 N–H and O–H groups in total. The van der Waals surface area contributed by atoms with Crippen molar-refractivity contribution in [1.29, 1.82) is 0 Å². The van der Waals surface area contributed by atoms with E-state index in [1.807, 2.05) is 30.0 Å². The lowest BCUT2D eigenvalue weighted by Gasteiger charge is -2.35. The van der Waals surface area contributed by atoms with Gasteiger partial charge in [0.1, 0.15) is 17.5 Å². The number of nitrogens with zero attached hydrogens (tertiary/aromatic N) is 4. The Balaban J connectivity index is 1.44. The summed E-state index contributed by atoms with van der Waals surface area (Å²) in [6.07, 6.45) is 0. The van der Waals surface area contributed by atoms with Crippen molar-refractivity contribution in [2.75, 3.05) is 36.4 Å². The summed E-state index contributed by atoms with van der Waals surface area (Å²) in [5.74, 6) is 2.21. The van der Waals surface area contributed by atoms with E-state index in [1.54, 1.807) is 18.2 Å². The van der Waals surface area contributed by atoms with Crippen molar-refractivity contribution in [3.63, 3.8) is 0 Å². The van der Waals surface area contributed by atoms with Gasteiger partial charge in [0.15, 0.2) is 0 Å². The van der Waals surface area contributed by atoms with Crippen LogP contribution in [0.4, 0.5) is 17.3 Å². The number of hydrogen-bond donors (Lipinski definition) is 1. The summed E-state index contributed by atoms with van der Waals surface area (Å²) in [6, 6.07) is 15.1. The molecule has 1 aliphatic rings. The van der Waals surface area contributed by atoms with Gasteiger partial charge in [0.2, 0.25) is 0 Å². The van der Waals surface area contributed by atoms with Crippen molar-refractivity contribution in [2.45, 2.75) is 13.8 Å². The summed E-state index contributed by atoms with van der Waals surface area (Å²) in [5.41, 5.74) is 2.66. The standard InChI is InChI=1S/C23H23Cl2N5O/c1-15-3-6-18(7-4-15)28-21-14-22(27-16(2)26-21)29-9-11-30(12-10-29)23(31)19-8-5-17(24)13-20(19)25/h3-8,13-14H,9-12H2,1-2H3,(H,26,27,28). The molecule has 31 heavy (non-hydrogen) atoms. The summed E-state index contributed by atoms with van der Waals surface area (Å²) >= 11 is 12.2. The Bertz CT molecular complexity index is 1100. The molecule has 0 bridgehead atoms. The van der Waals surface area contributed by atoms with E-state index in [0.29, 0.717) is 47.6 Å². The zero-order chi connectivity index (χ0) is 22.0. The molecule has 1 fully saturated rings. The number of carbonyl (C=O) groups excluding carboxylic acids is 1. The highest BCUT2D eigenvalue weighted by atomic mass is 35.5. The molecule has 0 atom stereocenters. The lowest BCUT2D eigenvalue weighted by atomic mass is 10.1. The molecule has 8 heteroatoms. The summed E-state index contributed by atoms with van der Waals surface area (Å²) in [6.45, 7) is 6.46. The van der Waals surface area contributed by atoms with Crippen LogP contribution in [0.15, 0.2) is 48.5 Å². The number of aryl methyl sites for hydroxylation is 2. The lowest BCUT2D eigenvalue weighted by Crippen LogP contribution is -2.49. The second-order valence-electron chi connectivity index (χ2n) is 7.55. The van der Waals surface area contributed by atoms with Crippen molar-refractivity contribution in [1.82, 2.24) is 14.9 Å². The molecular formula is C23H23Cl2N5O. The monoisotopic (exact) mass is 455 g/mol. The Hall–Kier alpha value is -2.83. The number of piperazine rings is 1. The summed E-state index contributed by atoms with van der Waals surface area (Å²) < 4.78 is 0. The largest absolute Gasteiger partial charge is 0.353 e. The zero-order valence-electron chi connectivity index (χ0n) is 17.4. The second-order valence-corrected chi connectivity index (χ2v) is 8.40. The normalized spacial score (nSPS) is 13.9. The van der Waals surface area contributed by atoms with Crippen LogP contribution in [0.3, 0.4) is 0 Å². The molecule has 0 unspecified atom stereocenters. The number of aromatic nitrogens is 2. The molecule has 0 saturated carbocycles. The highest BCUT2D eigenvalue weighted by Gasteiger charge is 2.24. The fraction of sp³-hybridized carbons (Fsp3) is 0.261. The molecule has 0 radical (unpaired) electrons. The predicted molar refractivity (Wildman–Crippen MR) is 126 cm³/mol. The Morgan fingerprint density at radius 2 is 1.65 bits per heavy atom. The highest BCUT2D eigenvalue weighted by Crippen LogP contribution is 2.24. The summed E-state index contributed by atoms with van der Waals surface area (Å²) in [5, 5.41) is 4.23. The SMILES string of the molecule is Cc1ccc(Nc2cc(N3CCN(C(=O)c4ccc(Cl)cc4Cl)CC3)nc(C)n2)cc1. The van der Waals surface area contributed by atoms with E-state index in [-0.39, 0.29) is 5.91 Å². The minimum Gasteiger partial charge on any atom is -0.353 e. The third-order valence-corrected chi connectivity index (χ3v) is 5.75. The van der Waals surface area contributed by atoms with Gasteiger partial charge in [-0.05, 0) is 44.2 Å². The Kier molecular flexibility index (Phi) is 6.30. The lowest BCUT2D eigenvalue weighted by molar-refractivity contribution is 0.0746. The summed E-state index contributed by atoms with van der Waals surface area (Å²) in [4.78, 5) is 25.9. The van der Waals surface area contributed by atoms with Crippen LogP contribution >= 0.6 is 23.2 Å². The molecule has 0 aliphatic carbocycles. The van der Waals surface area contributed by atoms with E-state index < -0.39 is 0 Å². The van der Waals surface area contributed by atoms with Crippen LogP contribution in [0.25, 0.3) is 0 Å². The van der Waals surface area contributed by atoms with E-state index >= 15 is 0 Å². The molecule has 2 heterocycles. The first-order chi connectivity index (χ1) is 14.9. The molecule has 1 aromatic heterocycles. The van der Waals surface area contributed by atoms with Gasteiger partial charge in [0.05, 0.1) is 10.6 Å². The predicted octanol–water partition coefficient (Wildman–Crippen LogP) is 5.11. The average molecular weight is 456 g/mol. The molecule has 4 rings (SSSR count). The number of rotatable bonds is 4. The minimum atomic E-state index is -0.0816. The van der Waals surface area contributed by atoms with Crippen LogP contribution in [-0.4, -0.2) is 47.0 Å². The first-order valence-corrected chi connectivity index (χ1v) is 10.8. The van der Waals surface area contributed by atoms with E-state index in [2.05, 4.69) is 39.2 Å². The fourth-order valence-electron chi connectivity index (χ4n) is 3.53. The number of benzene rings is 2. The van der Waals surface area contributed by atoms with Gasteiger partial charge >= 0.3 is 0 Å². The molecule has 6 nitrogen and oxygen atoms in total. The third-order valence-electron chi connectivity index (χ3n) is 5.20. The van der Waals surface area contributed by atoms with Crippen molar-refractivity contribution < 1.29 is 4.79 Å². The maximum atomic E-state index is 12.9. The van der Waals surface area contributed by atoms with Gasteiger partial charge in [-0.1, -0.05) is 40.9 Å². The molecule has 0 spiro atoms. The zero-order valence-corrected chi connectivity index (χ0v) is 18.9. The number of halogens is 2.